The van der Waals surface area contributed by atoms with Gasteiger partial charge in [-0.05, 0) is 20.9 Å². The first-order valence-electron chi connectivity index (χ1n) is 5.68. The molecule has 1 atom stereocenters. The van der Waals surface area contributed by atoms with Crippen LogP contribution in [0.15, 0.2) is 0 Å². The molecule has 1 rings (SSSR count). The van der Waals surface area contributed by atoms with Gasteiger partial charge in [0.05, 0.1) is 0 Å². The molecular weight excluding hydrogens is 190 g/mol. The van der Waals surface area contributed by atoms with Crippen LogP contribution in [0.25, 0.3) is 0 Å². The molecule has 0 saturated carbocycles. The van der Waals surface area contributed by atoms with E-state index in [1.54, 1.807) is 0 Å². The molecule has 0 aromatic carbocycles. The highest BCUT2D eigenvalue weighted by atomic mass is 16.2. The summed E-state index contributed by atoms with van der Waals surface area (Å²) in [6.45, 7) is 7.11. The van der Waals surface area contributed by atoms with Crippen molar-refractivity contribution < 1.29 is 4.79 Å². The number of likely N-dealkylation sites (N-methyl/N-ethyl adjacent to an activating group) is 1. The summed E-state index contributed by atoms with van der Waals surface area (Å²) in [5.41, 5.74) is 0. The minimum Gasteiger partial charge on any atom is -0.343 e. The molecular formula is C11H23N3O. The van der Waals surface area contributed by atoms with Crippen LogP contribution >= 0.6 is 0 Å². The van der Waals surface area contributed by atoms with Gasteiger partial charge in [-0.15, -0.1) is 0 Å². The zero-order chi connectivity index (χ0) is 11.4. The molecule has 0 radical (unpaired) electrons. The van der Waals surface area contributed by atoms with Gasteiger partial charge in [0.25, 0.3) is 0 Å². The SMILES string of the molecule is CC(C)N(C)C(=O)CC1CN(C)CCN1. The topological polar surface area (TPSA) is 35.6 Å². The van der Waals surface area contributed by atoms with Gasteiger partial charge >= 0.3 is 0 Å². The summed E-state index contributed by atoms with van der Waals surface area (Å²) in [5.74, 6) is 0.234. The normalized spacial score (nSPS) is 23.1. The molecule has 1 aliphatic rings. The molecule has 1 aliphatic heterocycles. The Balaban J connectivity index is 2.37. The smallest absolute Gasteiger partial charge is 0.224 e. The fraction of sp³-hybridized carbons (Fsp3) is 0.909. The highest BCUT2D eigenvalue weighted by Crippen LogP contribution is 2.05. The summed E-state index contributed by atoms with van der Waals surface area (Å²) in [7, 11) is 3.98. The second-order valence-corrected chi connectivity index (χ2v) is 4.72. The molecule has 88 valence electrons. The van der Waals surface area contributed by atoms with Crippen molar-refractivity contribution in [2.45, 2.75) is 32.4 Å². The third-order valence-corrected chi connectivity index (χ3v) is 3.05. The van der Waals surface area contributed by atoms with Crippen LogP contribution in [0.1, 0.15) is 20.3 Å². The second kappa shape index (κ2) is 5.47. The number of hydrogen-bond donors (Lipinski definition) is 1. The van der Waals surface area contributed by atoms with Gasteiger partial charge < -0.3 is 15.1 Å². The first kappa shape index (κ1) is 12.5. The van der Waals surface area contributed by atoms with Crippen molar-refractivity contribution in [3.8, 4) is 0 Å². The quantitative estimate of drug-likeness (QED) is 0.725. The Morgan fingerprint density at radius 1 is 1.60 bits per heavy atom. The zero-order valence-corrected chi connectivity index (χ0v) is 10.3. The molecule has 15 heavy (non-hydrogen) atoms. The van der Waals surface area contributed by atoms with Crippen LogP contribution < -0.4 is 5.32 Å². The van der Waals surface area contributed by atoms with E-state index >= 15 is 0 Å². The van der Waals surface area contributed by atoms with Gasteiger partial charge in [0.1, 0.15) is 0 Å². The summed E-state index contributed by atoms with van der Waals surface area (Å²) >= 11 is 0. The second-order valence-electron chi connectivity index (χ2n) is 4.72. The van der Waals surface area contributed by atoms with Crippen molar-refractivity contribution in [3.05, 3.63) is 0 Å². The van der Waals surface area contributed by atoms with Gasteiger partial charge in [0.15, 0.2) is 0 Å². The van der Waals surface area contributed by atoms with Crippen LogP contribution in [-0.4, -0.2) is 61.5 Å². The van der Waals surface area contributed by atoms with Crippen LogP contribution in [-0.2, 0) is 4.79 Å². The standard InChI is InChI=1S/C11H23N3O/c1-9(2)14(4)11(15)7-10-8-13(3)6-5-12-10/h9-10,12H,5-8H2,1-4H3. The van der Waals surface area contributed by atoms with Crippen molar-refractivity contribution in [1.82, 2.24) is 15.1 Å². The lowest BCUT2D eigenvalue weighted by Crippen LogP contribution is -2.51. The van der Waals surface area contributed by atoms with E-state index in [1.165, 1.54) is 0 Å². The first-order chi connectivity index (χ1) is 7.00. The maximum Gasteiger partial charge on any atom is 0.224 e. The van der Waals surface area contributed by atoms with E-state index in [1.807, 2.05) is 25.8 Å². The van der Waals surface area contributed by atoms with E-state index in [4.69, 9.17) is 0 Å². The van der Waals surface area contributed by atoms with Gasteiger partial charge in [-0.3, -0.25) is 4.79 Å². The number of nitrogens with one attached hydrogen (secondary N) is 1. The maximum atomic E-state index is 11.8. The molecule has 1 unspecified atom stereocenters. The zero-order valence-electron chi connectivity index (χ0n) is 10.3. The van der Waals surface area contributed by atoms with Crippen LogP contribution in [0.5, 0.6) is 0 Å². The number of amides is 1. The number of rotatable bonds is 3. The molecule has 1 fully saturated rings. The van der Waals surface area contributed by atoms with E-state index < -0.39 is 0 Å². The van der Waals surface area contributed by atoms with Crippen molar-refractivity contribution >= 4 is 5.91 Å². The summed E-state index contributed by atoms with van der Waals surface area (Å²) < 4.78 is 0. The van der Waals surface area contributed by atoms with E-state index in [0.717, 1.165) is 19.6 Å². The lowest BCUT2D eigenvalue weighted by molar-refractivity contribution is -0.132. The molecule has 4 nitrogen and oxygen atoms in total. The highest BCUT2D eigenvalue weighted by Gasteiger charge is 2.21. The van der Waals surface area contributed by atoms with Crippen molar-refractivity contribution in [2.24, 2.45) is 0 Å². The van der Waals surface area contributed by atoms with E-state index in [0.29, 0.717) is 18.5 Å². The minimum atomic E-state index is 0.234. The lowest BCUT2D eigenvalue weighted by atomic mass is 10.1. The maximum absolute atomic E-state index is 11.8. The van der Waals surface area contributed by atoms with Crippen molar-refractivity contribution in [2.75, 3.05) is 33.7 Å². The average molecular weight is 213 g/mol. The van der Waals surface area contributed by atoms with Gasteiger partial charge in [-0.25, -0.2) is 0 Å². The third kappa shape index (κ3) is 3.80. The van der Waals surface area contributed by atoms with Gasteiger partial charge in [-0.1, -0.05) is 0 Å². The number of nitrogens with zero attached hydrogens (tertiary/aromatic N) is 2. The van der Waals surface area contributed by atoms with Crippen LogP contribution in [0.3, 0.4) is 0 Å². The monoisotopic (exact) mass is 213 g/mol. The molecule has 1 heterocycles. The van der Waals surface area contributed by atoms with Gasteiger partial charge in [-0.2, -0.15) is 0 Å². The molecule has 4 heteroatoms. The summed E-state index contributed by atoms with van der Waals surface area (Å²) in [6, 6.07) is 0.608. The van der Waals surface area contributed by atoms with E-state index in [2.05, 4.69) is 17.3 Å². The van der Waals surface area contributed by atoms with Crippen LogP contribution in [0, 0.1) is 0 Å². The van der Waals surface area contributed by atoms with Gasteiger partial charge in [0.2, 0.25) is 5.91 Å². The lowest BCUT2D eigenvalue weighted by Gasteiger charge is -2.32. The molecule has 0 aromatic rings. The molecule has 1 saturated heterocycles. The Hall–Kier alpha value is -0.610. The molecule has 0 spiro atoms. The summed E-state index contributed by atoms with van der Waals surface area (Å²) in [6.07, 6.45) is 0.610. The average Bonchev–Trinajstić information content (AvgIpc) is 2.16. The third-order valence-electron chi connectivity index (χ3n) is 3.05. The van der Waals surface area contributed by atoms with Crippen molar-refractivity contribution in [3.63, 3.8) is 0 Å². The Labute approximate surface area is 92.6 Å². The first-order valence-corrected chi connectivity index (χ1v) is 5.68. The predicted molar refractivity (Wildman–Crippen MR) is 61.8 cm³/mol. The Morgan fingerprint density at radius 3 is 2.80 bits per heavy atom. The number of carbonyl (C=O) groups excluding carboxylic acids is 1. The van der Waals surface area contributed by atoms with Crippen LogP contribution in [0.4, 0.5) is 0 Å². The highest BCUT2D eigenvalue weighted by molar-refractivity contribution is 5.76. The number of hydrogen-bond acceptors (Lipinski definition) is 3. The Kier molecular flexibility index (Phi) is 4.54. The molecule has 0 aromatic heterocycles. The predicted octanol–water partition coefficient (Wildman–Crippen LogP) is 0.147. The fourth-order valence-corrected chi connectivity index (χ4v) is 1.77. The molecule has 1 amide bonds. The summed E-state index contributed by atoms with van der Waals surface area (Å²) in [4.78, 5) is 15.9. The van der Waals surface area contributed by atoms with Crippen LogP contribution in [0.2, 0.25) is 0 Å². The Morgan fingerprint density at radius 2 is 2.27 bits per heavy atom. The van der Waals surface area contributed by atoms with E-state index in [9.17, 15) is 4.79 Å². The molecule has 1 N–H and O–H groups in total. The van der Waals surface area contributed by atoms with E-state index in [-0.39, 0.29) is 5.91 Å². The summed E-state index contributed by atoms with van der Waals surface area (Å²) in [5, 5.41) is 3.39. The Bertz CT molecular complexity index is 218. The minimum absolute atomic E-state index is 0.234. The molecule has 0 bridgehead atoms. The molecule has 0 aliphatic carbocycles. The number of carbonyl (C=O) groups is 1. The largest absolute Gasteiger partial charge is 0.343 e. The fourth-order valence-electron chi connectivity index (χ4n) is 1.77. The van der Waals surface area contributed by atoms with Crippen molar-refractivity contribution in [1.29, 1.82) is 0 Å². The number of piperazine rings is 1. The van der Waals surface area contributed by atoms with Gasteiger partial charge in [0, 0.05) is 45.2 Å².